The van der Waals surface area contributed by atoms with Crippen LogP contribution in [0.1, 0.15) is 24.2 Å². The van der Waals surface area contributed by atoms with Gasteiger partial charge in [-0.15, -0.1) is 11.3 Å². The van der Waals surface area contributed by atoms with E-state index in [1.54, 1.807) is 11.3 Å². The van der Waals surface area contributed by atoms with Gasteiger partial charge in [0.05, 0.1) is 17.2 Å². The Balaban J connectivity index is 1.89. The van der Waals surface area contributed by atoms with Crippen molar-refractivity contribution in [1.29, 1.82) is 0 Å². The lowest BCUT2D eigenvalue weighted by Crippen LogP contribution is -2.22. The Labute approximate surface area is 129 Å². The van der Waals surface area contributed by atoms with E-state index in [4.69, 9.17) is 0 Å². The predicted octanol–water partition coefficient (Wildman–Crippen LogP) is 4.51. The molecule has 3 rings (SSSR count). The summed E-state index contributed by atoms with van der Waals surface area (Å²) >= 11 is 1.64. The molecule has 0 amide bonds. The van der Waals surface area contributed by atoms with Crippen LogP contribution in [0.4, 0.5) is 0 Å². The van der Waals surface area contributed by atoms with Gasteiger partial charge in [-0.1, -0.05) is 61.5 Å². The Morgan fingerprint density at radius 3 is 2.33 bits per heavy atom. The fourth-order valence-corrected chi connectivity index (χ4v) is 3.04. The van der Waals surface area contributed by atoms with Gasteiger partial charge in [-0.25, -0.2) is 4.98 Å². The van der Waals surface area contributed by atoms with Crippen molar-refractivity contribution in [3.05, 3.63) is 76.7 Å². The second-order valence-corrected chi connectivity index (χ2v) is 5.61. The van der Waals surface area contributed by atoms with Crippen molar-refractivity contribution in [2.75, 3.05) is 6.54 Å². The van der Waals surface area contributed by atoms with Gasteiger partial charge in [0.25, 0.3) is 0 Å². The minimum Gasteiger partial charge on any atom is -0.305 e. The first-order valence-electron chi connectivity index (χ1n) is 7.15. The molecule has 1 N–H and O–H groups in total. The molecule has 3 heteroatoms. The van der Waals surface area contributed by atoms with Gasteiger partial charge < -0.3 is 5.32 Å². The summed E-state index contributed by atoms with van der Waals surface area (Å²) in [6, 6.07) is 19.4. The van der Waals surface area contributed by atoms with E-state index in [9.17, 15) is 0 Å². The quantitative estimate of drug-likeness (QED) is 0.749. The molecule has 1 aromatic heterocycles. The van der Waals surface area contributed by atoms with Crippen molar-refractivity contribution in [3.8, 4) is 11.1 Å². The maximum Gasteiger partial charge on any atom is 0.0795 e. The fourth-order valence-electron chi connectivity index (χ4n) is 2.46. The first-order chi connectivity index (χ1) is 10.4. The highest BCUT2D eigenvalue weighted by atomic mass is 32.1. The molecule has 0 saturated carbocycles. The van der Waals surface area contributed by atoms with Crippen LogP contribution in [0.5, 0.6) is 0 Å². The normalized spacial score (nSPS) is 12.2. The van der Waals surface area contributed by atoms with Gasteiger partial charge in [-0.2, -0.15) is 0 Å². The number of nitrogens with zero attached hydrogens (tertiary/aromatic N) is 1. The minimum atomic E-state index is 0.172. The van der Waals surface area contributed by atoms with Crippen molar-refractivity contribution in [1.82, 2.24) is 10.3 Å². The lowest BCUT2D eigenvalue weighted by molar-refractivity contribution is 0.619. The Bertz CT molecular complexity index is 660. The lowest BCUT2D eigenvalue weighted by atomic mass is 9.99. The minimum absolute atomic E-state index is 0.172. The summed E-state index contributed by atoms with van der Waals surface area (Å²) in [5.74, 6) is 0. The third-order valence-electron chi connectivity index (χ3n) is 3.51. The van der Waals surface area contributed by atoms with Crippen LogP contribution in [-0.4, -0.2) is 11.5 Å². The zero-order valence-corrected chi connectivity index (χ0v) is 12.8. The molecular weight excluding hydrogens is 276 g/mol. The van der Waals surface area contributed by atoms with E-state index < -0.39 is 0 Å². The molecule has 3 aromatic rings. The number of nitrogens with one attached hydrogen (secondary N) is 1. The van der Waals surface area contributed by atoms with E-state index in [2.05, 4.69) is 71.1 Å². The molecule has 0 spiro atoms. The molecule has 2 nitrogen and oxygen atoms in total. The number of aromatic nitrogens is 1. The molecule has 0 radical (unpaired) electrons. The number of thiazole rings is 1. The Morgan fingerprint density at radius 1 is 1.00 bits per heavy atom. The highest BCUT2D eigenvalue weighted by Crippen LogP contribution is 2.25. The maximum atomic E-state index is 4.45. The second kappa shape index (κ2) is 6.66. The Hall–Kier alpha value is -1.97. The molecule has 2 aromatic carbocycles. The fraction of sp³-hybridized carbons (Fsp3) is 0.167. The zero-order chi connectivity index (χ0) is 14.5. The van der Waals surface area contributed by atoms with Crippen LogP contribution in [0.2, 0.25) is 0 Å². The van der Waals surface area contributed by atoms with Crippen molar-refractivity contribution in [3.63, 3.8) is 0 Å². The van der Waals surface area contributed by atoms with Crippen molar-refractivity contribution >= 4 is 11.3 Å². The number of benzene rings is 2. The van der Waals surface area contributed by atoms with Crippen molar-refractivity contribution < 1.29 is 0 Å². The van der Waals surface area contributed by atoms with Crippen LogP contribution < -0.4 is 5.32 Å². The summed E-state index contributed by atoms with van der Waals surface area (Å²) in [4.78, 5) is 4.45. The third kappa shape index (κ3) is 3.20. The number of hydrogen-bond acceptors (Lipinski definition) is 3. The maximum absolute atomic E-state index is 4.45. The summed E-state index contributed by atoms with van der Waals surface area (Å²) in [6.45, 7) is 3.04. The molecule has 0 aliphatic rings. The summed E-state index contributed by atoms with van der Waals surface area (Å²) in [5, 5.41) is 5.61. The molecule has 1 atom stereocenters. The monoisotopic (exact) mass is 294 g/mol. The predicted molar refractivity (Wildman–Crippen MR) is 89.5 cm³/mol. The largest absolute Gasteiger partial charge is 0.305 e. The van der Waals surface area contributed by atoms with Crippen LogP contribution in [0.3, 0.4) is 0 Å². The molecule has 1 unspecified atom stereocenters. The van der Waals surface area contributed by atoms with Gasteiger partial charge in [0, 0.05) is 5.38 Å². The second-order valence-electron chi connectivity index (χ2n) is 4.89. The van der Waals surface area contributed by atoms with Gasteiger partial charge in [-0.05, 0) is 23.2 Å². The van der Waals surface area contributed by atoms with Gasteiger partial charge >= 0.3 is 0 Å². The lowest BCUT2D eigenvalue weighted by Gasteiger charge is -2.16. The van der Waals surface area contributed by atoms with E-state index in [0.29, 0.717) is 0 Å². The first kappa shape index (κ1) is 14.0. The van der Waals surface area contributed by atoms with Gasteiger partial charge in [0.15, 0.2) is 0 Å². The summed E-state index contributed by atoms with van der Waals surface area (Å²) in [6.07, 6.45) is 0. The molecular formula is C18H18N2S. The number of rotatable bonds is 5. The van der Waals surface area contributed by atoms with Crippen molar-refractivity contribution in [2.24, 2.45) is 0 Å². The van der Waals surface area contributed by atoms with E-state index in [1.807, 2.05) is 11.6 Å². The molecule has 0 aliphatic carbocycles. The average Bonchev–Trinajstić information content (AvgIpc) is 3.08. The van der Waals surface area contributed by atoms with E-state index >= 15 is 0 Å². The highest BCUT2D eigenvalue weighted by Gasteiger charge is 2.14. The SMILES string of the molecule is CCNC(c1ccc(-c2ccccc2)cc1)c1cscn1. The van der Waals surface area contributed by atoms with E-state index in [-0.39, 0.29) is 6.04 Å². The van der Waals surface area contributed by atoms with Crippen LogP contribution in [0.15, 0.2) is 65.5 Å². The number of hydrogen-bond donors (Lipinski definition) is 1. The van der Waals surface area contributed by atoms with E-state index in [0.717, 1.165) is 12.2 Å². The smallest absolute Gasteiger partial charge is 0.0795 e. The Morgan fingerprint density at radius 2 is 1.71 bits per heavy atom. The average molecular weight is 294 g/mol. The molecule has 106 valence electrons. The topological polar surface area (TPSA) is 24.9 Å². The zero-order valence-electron chi connectivity index (χ0n) is 12.0. The molecule has 0 fully saturated rings. The highest BCUT2D eigenvalue weighted by molar-refractivity contribution is 7.07. The van der Waals surface area contributed by atoms with Crippen LogP contribution >= 0.6 is 11.3 Å². The van der Waals surface area contributed by atoms with Crippen LogP contribution in [0.25, 0.3) is 11.1 Å². The summed E-state index contributed by atoms with van der Waals surface area (Å²) < 4.78 is 0. The Kier molecular flexibility index (Phi) is 4.43. The van der Waals surface area contributed by atoms with E-state index in [1.165, 1.54) is 16.7 Å². The van der Waals surface area contributed by atoms with Crippen molar-refractivity contribution in [2.45, 2.75) is 13.0 Å². The standard InChI is InChI=1S/C18H18N2S/c1-2-19-18(17-12-21-13-20-17)16-10-8-15(9-11-16)14-6-4-3-5-7-14/h3-13,18-19H,2H2,1H3. The molecule has 0 aliphatic heterocycles. The first-order valence-corrected chi connectivity index (χ1v) is 8.09. The third-order valence-corrected chi connectivity index (χ3v) is 4.11. The van der Waals surface area contributed by atoms with Gasteiger partial charge in [-0.3, -0.25) is 0 Å². The molecule has 1 heterocycles. The van der Waals surface area contributed by atoms with Gasteiger partial charge in [0.1, 0.15) is 0 Å². The molecule has 21 heavy (non-hydrogen) atoms. The summed E-state index contributed by atoms with van der Waals surface area (Å²) in [7, 11) is 0. The summed E-state index contributed by atoms with van der Waals surface area (Å²) in [5.41, 5.74) is 6.72. The van der Waals surface area contributed by atoms with Crippen LogP contribution in [-0.2, 0) is 0 Å². The molecule has 0 bridgehead atoms. The molecule has 0 saturated heterocycles. The van der Waals surface area contributed by atoms with Gasteiger partial charge in [0.2, 0.25) is 0 Å². The van der Waals surface area contributed by atoms with Crippen LogP contribution in [0, 0.1) is 0 Å².